The minimum atomic E-state index is -2.39. The van der Waals surface area contributed by atoms with Gasteiger partial charge in [-0.2, -0.15) is 0 Å². The standard InChI is InChI=1S/C21H17O2P/c22-21(23)16-17-24(18-10-4-1-5-11-18,19-12-6-2-7-13-19)20-14-8-3-9-15-20/h1-17H/p+1/b17-16+/i16D. The second kappa shape index (κ2) is 7.25. The summed E-state index contributed by atoms with van der Waals surface area (Å²) in [6.45, 7) is 0. The Morgan fingerprint density at radius 1 is 0.750 bits per heavy atom. The highest BCUT2D eigenvalue weighted by Crippen LogP contribution is 2.56. The van der Waals surface area contributed by atoms with E-state index in [0.717, 1.165) is 15.9 Å². The summed E-state index contributed by atoms with van der Waals surface area (Å²) in [7, 11) is -2.39. The second-order valence-electron chi connectivity index (χ2n) is 5.31. The van der Waals surface area contributed by atoms with E-state index in [4.69, 9.17) is 1.37 Å². The topological polar surface area (TPSA) is 37.3 Å². The molecule has 3 aromatic carbocycles. The molecule has 0 saturated heterocycles. The Morgan fingerprint density at radius 2 is 1.08 bits per heavy atom. The van der Waals surface area contributed by atoms with Crippen molar-refractivity contribution in [3.8, 4) is 0 Å². The van der Waals surface area contributed by atoms with E-state index in [0.29, 0.717) is 0 Å². The number of carboxylic acids is 1. The van der Waals surface area contributed by atoms with Crippen LogP contribution in [0.25, 0.3) is 0 Å². The smallest absolute Gasteiger partial charge is 0.331 e. The Hall–Kier alpha value is -2.70. The van der Waals surface area contributed by atoms with E-state index in [1.807, 2.05) is 91.0 Å². The summed E-state index contributed by atoms with van der Waals surface area (Å²) in [4.78, 5) is 11.4. The van der Waals surface area contributed by atoms with Crippen LogP contribution in [0.4, 0.5) is 0 Å². The van der Waals surface area contributed by atoms with E-state index >= 15 is 0 Å². The first kappa shape index (κ1) is 14.9. The summed E-state index contributed by atoms with van der Waals surface area (Å²) in [5.41, 5.74) is 0. The minimum Gasteiger partial charge on any atom is -0.478 e. The molecule has 0 spiro atoms. The maximum absolute atomic E-state index is 11.4. The van der Waals surface area contributed by atoms with Crippen molar-refractivity contribution >= 4 is 29.1 Å². The quantitative estimate of drug-likeness (QED) is 0.572. The van der Waals surface area contributed by atoms with Crippen molar-refractivity contribution in [2.24, 2.45) is 0 Å². The van der Waals surface area contributed by atoms with Gasteiger partial charge in [-0.25, -0.2) is 4.79 Å². The highest BCUT2D eigenvalue weighted by Gasteiger charge is 2.43. The first-order valence-electron chi connectivity index (χ1n) is 8.13. The lowest BCUT2D eigenvalue weighted by atomic mass is 10.4. The van der Waals surface area contributed by atoms with E-state index in [1.165, 1.54) is 0 Å². The van der Waals surface area contributed by atoms with Gasteiger partial charge in [-0.3, -0.25) is 0 Å². The molecule has 3 aromatic rings. The van der Waals surface area contributed by atoms with E-state index in [-0.39, 0.29) is 6.05 Å². The van der Waals surface area contributed by atoms with E-state index in [2.05, 4.69) is 0 Å². The summed E-state index contributed by atoms with van der Waals surface area (Å²) in [6.07, 6.45) is 0. The fourth-order valence-electron chi connectivity index (χ4n) is 2.81. The van der Waals surface area contributed by atoms with Crippen molar-refractivity contribution in [2.45, 2.75) is 0 Å². The zero-order chi connectivity index (χ0) is 17.7. The van der Waals surface area contributed by atoms with Crippen LogP contribution in [0.1, 0.15) is 1.37 Å². The zero-order valence-corrected chi connectivity index (χ0v) is 13.9. The number of hydrogen-bond donors (Lipinski definition) is 1. The summed E-state index contributed by atoms with van der Waals surface area (Å²) in [5.74, 6) is 0.419. The monoisotopic (exact) mass is 334 g/mol. The molecular formula is C21H18O2P+. The van der Waals surface area contributed by atoms with Gasteiger partial charge in [-0.05, 0) is 36.4 Å². The largest absolute Gasteiger partial charge is 0.478 e. The van der Waals surface area contributed by atoms with Crippen LogP contribution in [0.3, 0.4) is 0 Å². The highest BCUT2D eigenvalue weighted by molar-refractivity contribution is 7.98. The summed E-state index contributed by atoms with van der Waals surface area (Å²) >= 11 is 0. The Labute approximate surface area is 143 Å². The van der Waals surface area contributed by atoms with Crippen molar-refractivity contribution in [1.82, 2.24) is 0 Å². The fraction of sp³-hybridized carbons (Fsp3) is 0. The van der Waals surface area contributed by atoms with Gasteiger partial charge in [0.1, 0.15) is 23.2 Å². The van der Waals surface area contributed by atoms with Crippen LogP contribution in [-0.4, -0.2) is 11.1 Å². The third kappa shape index (κ3) is 3.15. The molecule has 0 saturated carbocycles. The van der Waals surface area contributed by atoms with Gasteiger partial charge in [-0.15, -0.1) is 0 Å². The van der Waals surface area contributed by atoms with Gasteiger partial charge in [0.25, 0.3) is 0 Å². The van der Waals surface area contributed by atoms with Gasteiger partial charge in [-0.1, -0.05) is 54.6 Å². The van der Waals surface area contributed by atoms with Gasteiger partial charge >= 0.3 is 5.97 Å². The van der Waals surface area contributed by atoms with Gasteiger partial charge in [0.15, 0.2) is 0 Å². The van der Waals surface area contributed by atoms with Crippen LogP contribution in [0.15, 0.2) is 103 Å². The second-order valence-corrected chi connectivity index (χ2v) is 8.56. The Morgan fingerprint density at radius 3 is 1.38 bits per heavy atom. The van der Waals surface area contributed by atoms with E-state index < -0.39 is 13.2 Å². The molecule has 0 aliphatic carbocycles. The number of benzene rings is 3. The number of hydrogen-bond acceptors (Lipinski definition) is 1. The molecule has 1 N–H and O–H groups in total. The zero-order valence-electron chi connectivity index (χ0n) is 14.0. The number of rotatable bonds is 5. The molecule has 0 atom stereocenters. The molecule has 3 rings (SSSR count). The lowest BCUT2D eigenvalue weighted by Crippen LogP contribution is -2.29. The van der Waals surface area contributed by atoms with Crippen molar-refractivity contribution in [3.63, 3.8) is 0 Å². The summed E-state index contributed by atoms with van der Waals surface area (Å²) in [5, 5.41) is 12.4. The van der Waals surface area contributed by atoms with Crippen molar-refractivity contribution in [3.05, 3.63) is 103 Å². The average Bonchev–Trinajstić information content (AvgIpc) is 2.68. The predicted molar refractivity (Wildman–Crippen MR) is 102 cm³/mol. The van der Waals surface area contributed by atoms with Gasteiger partial charge < -0.3 is 5.11 Å². The molecule has 118 valence electrons. The van der Waals surface area contributed by atoms with Crippen LogP contribution in [0.5, 0.6) is 0 Å². The molecule has 0 heterocycles. The third-order valence-corrected chi connectivity index (χ3v) is 7.73. The molecule has 0 bridgehead atoms. The third-order valence-electron chi connectivity index (χ3n) is 3.87. The summed E-state index contributed by atoms with van der Waals surface area (Å²) in [6, 6.07) is 29.2. The molecule has 2 nitrogen and oxygen atoms in total. The number of aliphatic carboxylic acids is 1. The van der Waals surface area contributed by atoms with E-state index in [1.54, 1.807) is 5.82 Å². The maximum Gasteiger partial charge on any atom is 0.331 e. The fourth-order valence-corrected chi connectivity index (χ4v) is 6.39. The normalized spacial score (nSPS) is 12.5. The molecule has 0 unspecified atom stereocenters. The SMILES string of the molecule is [2H]/C(=C\[P+](c1ccccc1)(c1ccccc1)c1ccccc1)C(=O)O. The molecule has 0 radical (unpaired) electrons. The van der Waals surface area contributed by atoms with Gasteiger partial charge in [0.2, 0.25) is 0 Å². The Bertz CT molecular complexity index is 781. The van der Waals surface area contributed by atoms with E-state index in [9.17, 15) is 9.90 Å². The van der Waals surface area contributed by atoms with Crippen LogP contribution in [0.2, 0.25) is 0 Å². The molecule has 0 aromatic heterocycles. The van der Waals surface area contributed by atoms with Crippen LogP contribution in [-0.2, 0) is 4.79 Å². The lowest BCUT2D eigenvalue weighted by Gasteiger charge is -2.23. The number of carbonyl (C=O) groups is 1. The Balaban J connectivity index is 2.40. The first-order valence-corrected chi connectivity index (χ1v) is 9.49. The molecule has 24 heavy (non-hydrogen) atoms. The molecular weight excluding hydrogens is 315 g/mol. The van der Waals surface area contributed by atoms with Crippen molar-refractivity contribution in [1.29, 1.82) is 0 Å². The minimum absolute atomic E-state index is 0.384. The molecule has 0 aliphatic heterocycles. The Kier molecular flexibility index (Phi) is 4.49. The molecule has 0 aliphatic rings. The molecule has 0 amide bonds. The maximum atomic E-state index is 11.4. The average molecular weight is 334 g/mol. The van der Waals surface area contributed by atoms with Crippen molar-refractivity contribution in [2.75, 3.05) is 0 Å². The number of carboxylic acid groups (broad SMARTS) is 1. The van der Waals surface area contributed by atoms with Crippen molar-refractivity contribution < 1.29 is 11.3 Å². The predicted octanol–water partition coefficient (Wildman–Crippen LogP) is 3.58. The molecule has 3 heteroatoms. The van der Waals surface area contributed by atoms with Crippen LogP contribution in [0, 0.1) is 0 Å². The molecule has 0 fully saturated rings. The first-order chi connectivity index (χ1) is 12.1. The highest BCUT2D eigenvalue weighted by atomic mass is 31.2. The van der Waals surface area contributed by atoms with Crippen LogP contribution >= 0.6 is 7.26 Å². The van der Waals surface area contributed by atoms with Gasteiger partial charge in [0, 0.05) is 0 Å². The lowest BCUT2D eigenvalue weighted by molar-refractivity contribution is -0.131. The van der Waals surface area contributed by atoms with Gasteiger partial charge in [0.05, 0.1) is 13.2 Å². The van der Waals surface area contributed by atoms with Crippen LogP contribution < -0.4 is 15.9 Å². The summed E-state index contributed by atoms with van der Waals surface area (Å²) < 4.78 is 8.02.